The molecule has 23 heavy (non-hydrogen) atoms. The van der Waals surface area contributed by atoms with Gasteiger partial charge in [-0.3, -0.25) is 5.32 Å². The van der Waals surface area contributed by atoms with E-state index in [-0.39, 0.29) is 0 Å². The Balaban J connectivity index is 1.87. The van der Waals surface area contributed by atoms with E-state index < -0.39 is 11.7 Å². The summed E-state index contributed by atoms with van der Waals surface area (Å²) in [6, 6.07) is 15.7. The van der Waals surface area contributed by atoms with E-state index in [1.165, 1.54) is 5.56 Å². The molecule has 0 aliphatic rings. The molecule has 4 nitrogen and oxygen atoms in total. The SMILES string of the molecule is CC(C)(C)OC(=O)Nc1ccc(NCc2ccc(Br)cc2)cc1. The summed E-state index contributed by atoms with van der Waals surface area (Å²) in [5.41, 5.74) is 2.39. The van der Waals surface area contributed by atoms with Crippen LogP contribution in [0.3, 0.4) is 0 Å². The average molecular weight is 377 g/mol. The number of carbonyl (C=O) groups excluding carboxylic acids is 1. The molecule has 2 N–H and O–H groups in total. The highest BCUT2D eigenvalue weighted by Crippen LogP contribution is 2.17. The molecule has 122 valence electrons. The second-order valence-corrected chi connectivity index (χ2v) is 7.10. The summed E-state index contributed by atoms with van der Waals surface area (Å²) in [5, 5.41) is 6.05. The van der Waals surface area contributed by atoms with Gasteiger partial charge in [0.25, 0.3) is 0 Å². The number of carbonyl (C=O) groups is 1. The van der Waals surface area contributed by atoms with E-state index in [4.69, 9.17) is 4.74 Å². The molecule has 0 aromatic heterocycles. The van der Waals surface area contributed by atoms with E-state index in [1.54, 1.807) is 0 Å². The van der Waals surface area contributed by atoms with Crippen LogP contribution in [-0.4, -0.2) is 11.7 Å². The fourth-order valence-corrected chi connectivity index (χ4v) is 2.16. The van der Waals surface area contributed by atoms with Gasteiger partial charge in [-0.15, -0.1) is 0 Å². The standard InChI is InChI=1S/C18H21BrN2O2/c1-18(2,3)23-17(22)21-16-10-8-15(9-11-16)20-12-13-4-6-14(19)7-5-13/h4-11,20H,12H2,1-3H3,(H,21,22). The number of halogens is 1. The van der Waals surface area contributed by atoms with Crippen molar-refractivity contribution in [2.45, 2.75) is 32.9 Å². The Morgan fingerprint density at radius 2 is 1.57 bits per heavy atom. The van der Waals surface area contributed by atoms with Crippen LogP contribution >= 0.6 is 15.9 Å². The van der Waals surface area contributed by atoms with Gasteiger partial charge >= 0.3 is 6.09 Å². The van der Waals surface area contributed by atoms with Crippen LogP contribution in [0, 0.1) is 0 Å². The van der Waals surface area contributed by atoms with E-state index >= 15 is 0 Å². The predicted molar refractivity (Wildman–Crippen MR) is 97.8 cm³/mol. The molecule has 0 saturated heterocycles. The number of benzene rings is 2. The first-order chi connectivity index (χ1) is 10.8. The van der Waals surface area contributed by atoms with E-state index in [1.807, 2.05) is 57.2 Å². The number of hydrogen-bond acceptors (Lipinski definition) is 3. The molecule has 0 fully saturated rings. The fourth-order valence-electron chi connectivity index (χ4n) is 1.90. The summed E-state index contributed by atoms with van der Waals surface area (Å²) >= 11 is 3.42. The Bertz CT molecular complexity index is 646. The molecule has 0 spiro atoms. The van der Waals surface area contributed by atoms with Crippen molar-refractivity contribution in [2.24, 2.45) is 0 Å². The number of amides is 1. The lowest BCUT2D eigenvalue weighted by Gasteiger charge is -2.19. The number of hydrogen-bond donors (Lipinski definition) is 2. The van der Waals surface area contributed by atoms with Crippen LogP contribution in [0.2, 0.25) is 0 Å². The van der Waals surface area contributed by atoms with Crippen molar-refractivity contribution in [1.82, 2.24) is 0 Å². The van der Waals surface area contributed by atoms with Crippen molar-refractivity contribution in [1.29, 1.82) is 0 Å². The molecular weight excluding hydrogens is 356 g/mol. The lowest BCUT2D eigenvalue weighted by molar-refractivity contribution is 0.0636. The first-order valence-electron chi connectivity index (χ1n) is 7.40. The topological polar surface area (TPSA) is 50.4 Å². The second kappa shape index (κ2) is 7.51. The van der Waals surface area contributed by atoms with Gasteiger partial charge in [0.05, 0.1) is 0 Å². The highest BCUT2D eigenvalue weighted by Gasteiger charge is 2.15. The van der Waals surface area contributed by atoms with Crippen molar-refractivity contribution in [3.8, 4) is 0 Å². The zero-order chi connectivity index (χ0) is 16.9. The van der Waals surface area contributed by atoms with Crippen LogP contribution in [0.15, 0.2) is 53.0 Å². The Morgan fingerprint density at radius 1 is 1.00 bits per heavy atom. The molecule has 0 radical (unpaired) electrons. The van der Waals surface area contributed by atoms with Crippen LogP contribution in [0.1, 0.15) is 26.3 Å². The van der Waals surface area contributed by atoms with Crippen molar-refractivity contribution in [3.05, 3.63) is 58.6 Å². The first-order valence-corrected chi connectivity index (χ1v) is 8.19. The molecule has 0 aliphatic carbocycles. The number of nitrogens with one attached hydrogen (secondary N) is 2. The quantitative estimate of drug-likeness (QED) is 0.749. The zero-order valence-corrected chi connectivity index (χ0v) is 15.1. The van der Waals surface area contributed by atoms with Crippen molar-refractivity contribution >= 4 is 33.4 Å². The first kappa shape index (κ1) is 17.3. The fraction of sp³-hybridized carbons (Fsp3) is 0.278. The van der Waals surface area contributed by atoms with Crippen LogP contribution in [0.25, 0.3) is 0 Å². The average Bonchev–Trinajstić information content (AvgIpc) is 2.46. The highest BCUT2D eigenvalue weighted by atomic mass is 79.9. The van der Waals surface area contributed by atoms with Crippen LogP contribution in [0.5, 0.6) is 0 Å². The molecule has 0 unspecified atom stereocenters. The summed E-state index contributed by atoms with van der Waals surface area (Å²) in [6.07, 6.45) is -0.451. The normalized spacial score (nSPS) is 11.0. The number of ether oxygens (including phenoxy) is 1. The summed E-state index contributed by atoms with van der Waals surface area (Å²) in [6.45, 7) is 6.25. The summed E-state index contributed by atoms with van der Waals surface area (Å²) in [4.78, 5) is 11.7. The monoisotopic (exact) mass is 376 g/mol. The van der Waals surface area contributed by atoms with Gasteiger partial charge in [-0.25, -0.2) is 4.79 Å². The number of anilines is 2. The minimum atomic E-state index is -0.504. The van der Waals surface area contributed by atoms with Gasteiger partial charge < -0.3 is 10.1 Å². The molecule has 0 saturated carbocycles. The lowest BCUT2D eigenvalue weighted by atomic mass is 10.2. The third-order valence-corrected chi connectivity index (χ3v) is 3.47. The van der Waals surface area contributed by atoms with Gasteiger partial charge in [-0.05, 0) is 62.7 Å². The number of rotatable bonds is 4. The van der Waals surface area contributed by atoms with Gasteiger partial charge in [-0.1, -0.05) is 28.1 Å². The molecule has 1 amide bonds. The molecule has 0 bridgehead atoms. The Kier molecular flexibility index (Phi) is 5.66. The highest BCUT2D eigenvalue weighted by molar-refractivity contribution is 9.10. The van der Waals surface area contributed by atoms with Gasteiger partial charge in [0.2, 0.25) is 0 Å². The van der Waals surface area contributed by atoms with Crippen molar-refractivity contribution in [3.63, 3.8) is 0 Å². The van der Waals surface area contributed by atoms with E-state index in [0.29, 0.717) is 5.69 Å². The van der Waals surface area contributed by atoms with Crippen molar-refractivity contribution in [2.75, 3.05) is 10.6 Å². The van der Waals surface area contributed by atoms with E-state index in [2.05, 4.69) is 38.7 Å². The van der Waals surface area contributed by atoms with Gasteiger partial charge in [0.1, 0.15) is 5.60 Å². The molecule has 2 rings (SSSR count). The molecule has 2 aromatic rings. The Hall–Kier alpha value is -2.01. The maximum absolute atomic E-state index is 11.7. The third kappa shape index (κ3) is 6.32. The Labute approximate surface area is 145 Å². The largest absolute Gasteiger partial charge is 0.444 e. The molecule has 0 aliphatic heterocycles. The lowest BCUT2D eigenvalue weighted by Crippen LogP contribution is -2.27. The summed E-state index contributed by atoms with van der Waals surface area (Å²) < 4.78 is 6.29. The van der Waals surface area contributed by atoms with Crippen LogP contribution in [0.4, 0.5) is 16.2 Å². The zero-order valence-electron chi connectivity index (χ0n) is 13.5. The smallest absolute Gasteiger partial charge is 0.412 e. The van der Waals surface area contributed by atoms with E-state index in [0.717, 1.165) is 16.7 Å². The maximum atomic E-state index is 11.7. The molecule has 5 heteroatoms. The van der Waals surface area contributed by atoms with Crippen LogP contribution < -0.4 is 10.6 Å². The summed E-state index contributed by atoms with van der Waals surface area (Å²) in [5.74, 6) is 0. The third-order valence-electron chi connectivity index (χ3n) is 2.94. The van der Waals surface area contributed by atoms with Gasteiger partial charge in [0, 0.05) is 22.4 Å². The van der Waals surface area contributed by atoms with E-state index in [9.17, 15) is 4.79 Å². The molecule has 2 aromatic carbocycles. The molecule has 0 atom stereocenters. The van der Waals surface area contributed by atoms with Crippen LogP contribution in [-0.2, 0) is 11.3 Å². The minimum Gasteiger partial charge on any atom is -0.444 e. The van der Waals surface area contributed by atoms with Crippen molar-refractivity contribution < 1.29 is 9.53 Å². The molecule has 0 heterocycles. The minimum absolute atomic E-state index is 0.451. The Morgan fingerprint density at radius 3 is 2.13 bits per heavy atom. The summed E-state index contributed by atoms with van der Waals surface area (Å²) in [7, 11) is 0. The van der Waals surface area contributed by atoms with Gasteiger partial charge in [0.15, 0.2) is 0 Å². The predicted octanol–water partition coefficient (Wildman–Crippen LogP) is 5.41. The maximum Gasteiger partial charge on any atom is 0.412 e. The van der Waals surface area contributed by atoms with Gasteiger partial charge in [-0.2, -0.15) is 0 Å². The second-order valence-electron chi connectivity index (χ2n) is 6.18. The molecular formula is C18H21BrN2O2.